The average molecular weight is 534 g/mol. The van der Waals surface area contributed by atoms with Crippen LogP contribution in [-0.4, -0.2) is 54.0 Å². The Morgan fingerprint density at radius 2 is 1.79 bits per heavy atom. The molecule has 0 unspecified atom stereocenters. The zero-order valence-corrected chi connectivity index (χ0v) is 22.2. The summed E-state index contributed by atoms with van der Waals surface area (Å²) in [4.78, 5) is 12.5. The summed E-state index contributed by atoms with van der Waals surface area (Å²) in [5.74, 6) is 2.52. The molecule has 10 nitrogen and oxygen atoms in total. The number of hydrazone groups is 1. The van der Waals surface area contributed by atoms with Crippen molar-refractivity contribution in [1.29, 1.82) is 0 Å². The minimum absolute atomic E-state index is 0.0819. The number of ether oxygens (including phenoxy) is 3. The number of para-hydroxylation sites is 1. The largest absolute Gasteiger partial charge is 0.493 e. The fourth-order valence-electron chi connectivity index (χ4n) is 3.57. The number of rotatable bonds is 11. The lowest BCUT2D eigenvalue weighted by molar-refractivity contribution is -0.118. The molecule has 1 amide bonds. The van der Waals surface area contributed by atoms with Crippen LogP contribution in [0, 0.1) is 0 Å². The van der Waals surface area contributed by atoms with Crippen LogP contribution in [0.15, 0.2) is 81.1 Å². The lowest BCUT2D eigenvalue weighted by Crippen LogP contribution is -2.20. The third-order valence-corrected chi connectivity index (χ3v) is 6.20. The number of hydrogen-bond donors (Lipinski definition) is 1. The molecular formula is C27H27N5O5S. The maximum absolute atomic E-state index is 12.5. The predicted molar refractivity (Wildman–Crippen MR) is 146 cm³/mol. The molecule has 0 bridgehead atoms. The number of hydrogen-bond acceptors (Lipinski definition) is 9. The first-order chi connectivity index (χ1) is 18.5. The van der Waals surface area contributed by atoms with Gasteiger partial charge in [-0.25, -0.2) is 5.43 Å². The number of carbonyl (C=O) groups excluding carboxylic acids is 1. The predicted octanol–water partition coefficient (Wildman–Crippen LogP) is 4.85. The van der Waals surface area contributed by atoms with Gasteiger partial charge in [0, 0.05) is 11.3 Å². The van der Waals surface area contributed by atoms with Crippen molar-refractivity contribution in [3.05, 3.63) is 72.2 Å². The maximum atomic E-state index is 12.5. The minimum atomic E-state index is -0.283. The van der Waals surface area contributed by atoms with Crippen LogP contribution in [0.3, 0.4) is 0 Å². The van der Waals surface area contributed by atoms with Crippen LogP contribution in [0.2, 0.25) is 0 Å². The maximum Gasteiger partial charge on any atom is 0.250 e. The SMILES string of the molecule is COc1cc(-c2nnc(SCC(=O)N/N=C/C(C)=C/c3ccco3)n2-c2ccccc2)cc(OC)c1OC. The lowest BCUT2D eigenvalue weighted by Gasteiger charge is -2.15. The highest BCUT2D eigenvalue weighted by Crippen LogP contribution is 2.41. The van der Waals surface area contributed by atoms with E-state index in [1.54, 1.807) is 52.0 Å². The van der Waals surface area contributed by atoms with Crippen molar-refractivity contribution < 1.29 is 23.4 Å². The highest BCUT2D eigenvalue weighted by Gasteiger charge is 2.21. The van der Waals surface area contributed by atoms with Gasteiger partial charge in [0.05, 0.1) is 39.6 Å². The second-order valence-electron chi connectivity index (χ2n) is 7.88. The summed E-state index contributed by atoms with van der Waals surface area (Å²) in [6.45, 7) is 1.86. The Hall–Kier alpha value is -4.51. The number of nitrogens with zero attached hydrogens (tertiary/aromatic N) is 4. The Labute approximate surface area is 224 Å². The number of thioether (sulfide) groups is 1. The average Bonchev–Trinajstić information content (AvgIpc) is 3.61. The highest BCUT2D eigenvalue weighted by atomic mass is 32.2. The minimum Gasteiger partial charge on any atom is -0.493 e. The molecule has 2 aromatic carbocycles. The van der Waals surface area contributed by atoms with E-state index in [9.17, 15) is 4.79 Å². The molecule has 0 saturated heterocycles. The molecule has 0 saturated carbocycles. The number of benzene rings is 2. The second-order valence-corrected chi connectivity index (χ2v) is 8.82. The fourth-order valence-corrected chi connectivity index (χ4v) is 4.32. The van der Waals surface area contributed by atoms with E-state index < -0.39 is 0 Å². The van der Waals surface area contributed by atoms with Gasteiger partial charge in [0.1, 0.15) is 5.76 Å². The molecular weight excluding hydrogens is 506 g/mol. The standard InChI is InChI=1S/C27H27N5O5S/c1-18(13-21-11-8-12-37-21)16-28-29-24(33)17-38-27-31-30-26(32(27)20-9-6-5-7-10-20)19-14-22(34-2)25(36-4)23(15-19)35-3/h5-16H,17H2,1-4H3,(H,29,33)/b18-13+,28-16+. The first-order valence-electron chi connectivity index (χ1n) is 11.5. The summed E-state index contributed by atoms with van der Waals surface area (Å²) >= 11 is 1.24. The van der Waals surface area contributed by atoms with Crippen LogP contribution in [-0.2, 0) is 4.79 Å². The number of allylic oxidation sites excluding steroid dienone is 1. The van der Waals surface area contributed by atoms with Gasteiger partial charge < -0.3 is 18.6 Å². The van der Waals surface area contributed by atoms with Gasteiger partial charge in [0.2, 0.25) is 5.75 Å². The quantitative estimate of drug-likeness (QED) is 0.165. The van der Waals surface area contributed by atoms with Crippen molar-refractivity contribution in [2.24, 2.45) is 5.10 Å². The molecule has 0 aliphatic rings. The van der Waals surface area contributed by atoms with Crippen molar-refractivity contribution >= 4 is 30.0 Å². The molecule has 0 aliphatic carbocycles. The van der Waals surface area contributed by atoms with Gasteiger partial charge in [-0.2, -0.15) is 5.10 Å². The first kappa shape index (κ1) is 26.6. The fraction of sp³-hybridized carbons (Fsp3) is 0.185. The summed E-state index contributed by atoms with van der Waals surface area (Å²) in [7, 11) is 4.66. The monoisotopic (exact) mass is 533 g/mol. The van der Waals surface area contributed by atoms with Crippen LogP contribution >= 0.6 is 11.8 Å². The van der Waals surface area contributed by atoms with Crippen molar-refractivity contribution in [1.82, 2.24) is 20.2 Å². The molecule has 1 N–H and O–H groups in total. The Balaban J connectivity index is 1.56. The third kappa shape index (κ3) is 6.24. The summed E-state index contributed by atoms with van der Waals surface area (Å²) in [6.07, 6.45) is 4.97. The number of nitrogens with one attached hydrogen (secondary N) is 1. The topological polar surface area (TPSA) is 113 Å². The number of furan rings is 1. The van der Waals surface area contributed by atoms with E-state index in [0.29, 0.717) is 39.6 Å². The van der Waals surface area contributed by atoms with E-state index in [1.165, 1.54) is 11.8 Å². The smallest absolute Gasteiger partial charge is 0.250 e. The van der Waals surface area contributed by atoms with Gasteiger partial charge in [-0.05, 0) is 55.0 Å². The number of methoxy groups -OCH3 is 3. The molecule has 0 fully saturated rings. The van der Waals surface area contributed by atoms with Crippen molar-refractivity contribution in [3.63, 3.8) is 0 Å². The Bertz CT molecular complexity index is 1410. The van der Waals surface area contributed by atoms with Crippen molar-refractivity contribution in [2.45, 2.75) is 12.1 Å². The Kier molecular flexibility index (Phi) is 8.83. The Morgan fingerprint density at radius 1 is 1.05 bits per heavy atom. The molecule has 196 valence electrons. The van der Waals surface area contributed by atoms with E-state index >= 15 is 0 Å². The molecule has 2 aromatic heterocycles. The molecule has 0 spiro atoms. The van der Waals surface area contributed by atoms with E-state index in [4.69, 9.17) is 18.6 Å². The molecule has 0 aliphatic heterocycles. The third-order valence-electron chi connectivity index (χ3n) is 5.27. The Morgan fingerprint density at radius 3 is 2.42 bits per heavy atom. The van der Waals surface area contributed by atoms with Gasteiger partial charge in [-0.3, -0.25) is 9.36 Å². The molecule has 4 rings (SSSR count). The summed E-state index contributed by atoms with van der Waals surface area (Å²) < 4.78 is 23.6. The number of aromatic nitrogens is 3. The normalized spacial score (nSPS) is 11.5. The first-order valence-corrected chi connectivity index (χ1v) is 12.5. The molecule has 0 radical (unpaired) electrons. The summed E-state index contributed by atoms with van der Waals surface area (Å²) in [6, 6.07) is 16.9. The van der Waals surface area contributed by atoms with Gasteiger partial charge >= 0.3 is 0 Å². The van der Waals surface area contributed by atoms with Gasteiger partial charge in [-0.1, -0.05) is 30.0 Å². The van der Waals surface area contributed by atoms with E-state index in [-0.39, 0.29) is 11.7 Å². The second kappa shape index (κ2) is 12.6. The van der Waals surface area contributed by atoms with Gasteiger partial charge in [0.15, 0.2) is 22.5 Å². The van der Waals surface area contributed by atoms with E-state index in [0.717, 1.165) is 11.3 Å². The van der Waals surface area contributed by atoms with Crippen molar-refractivity contribution in [2.75, 3.05) is 27.1 Å². The zero-order chi connectivity index (χ0) is 26.9. The van der Waals surface area contributed by atoms with Crippen LogP contribution < -0.4 is 19.6 Å². The van der Waals surface area contributed by atoms with Crippen LogP contribution in [0.5, 0.6) is 17.2 Å². The molecule has 4 aromatic rings. The number of amides is 1. The summed E-state index contributed by atoms with van der Waals surface area (Å²) in [5.41, 5.74) is 4.90. The van der Waals surface area contributed by atoms with E-state index in [1.807, 2.05) is 54.0 Å². The molecule has 2 heterocycles. The van der Waals surface area contributed by atoms with Crippen LogP contribution in [0.4, 0.5) is 0 Å². The molecule has 38 heavy (non-hydrogen) atoms. The van der Waals surface area contributed by atoms with Gasteiger partial charge in [0.25, 0.3) is 5.91 Å². The van der Waals surface area contributed by atoms with E-state index in [2.05, 4.69) is 20.7 Å². The van der Waals surface area contributed by atoms with Crippen LogP contribution in [0.25, 0.3) is 23.2 Å². The van der Waals surface area contributed by atoms with Gasteiger partial charge in [-0.15, -0.1) is 10.2 Å². The summed E-state index contributed by atoms with van der Waals surface area (Å²) in [5, 5.41) is 13.4. The molecule has 11 heteroatoms. The number of carbonyl (C=O) groups is 1. The van der Waals surface area contributed by atoms with Crippen LogP contribution in [0.1, 0.15) is 12.7 Å². The molecule has 0 atom stereocenters. The lowest BCUT2D eigenvalue weighted by atomic mass is 10.1. The zero-order valence-electron chi connectivity index (χ0n) is 21.4. The van der Waals surface area contributed by atoms with Crippen molar-refractivity contribution in [3.8, 4) is 34.3 Å². The highest BCUT2D eigenvalue weighted by molar-refractivity contribution is 7.99.